The van der Waals surface area contributed by atoms with Crippen LogP contribution in [0.1, 0.15) is 54.7 Å². The first kappa shape index (κ1) is 11.7. The highest BCUT2D eigenvalue weighted by atomic mass is 16.3. The van der Waals surface area contributed by atoms with E-state index in [9.17, 15) is 5.11 Å². The van der Waals surface area contributed by atoms with E-state index in [-0.39, 0.29) is 6.10 Å². The molecule has 1 aliphatic rings. The number of aliphatic hydroxyl groups excluding tert-OH is 1. The second kappa shape index (κ2) is 5.01. The van der Waals surface area contributed by atoms with Gasteiger partial charge in [-0.05, 0) is 50.2 Å². The Kier molecular flexibility index (Phi) is 3.65. The van der Waals surface area contributed by atoms with E-state index < -0.39 is 0 Å². The van der Waals surface area contributed by atoms with Crippen molar-refractivity contribution in [2.75, 3.05) is 0 Å². The van der Waals surface area contributed by atoms with Gasteiger partial charge in [-0.25, -0.2) is 0 Å². The summed E-state index contributed by atoms with van der Waals surface area (Å²) in [5.41, 5.74) is 4.17. The van der Waals surface area contributed by atoms with Crippen LogP contribution in [0.2, 0.25) is 0 Å². The van der Waals surface area contributed by atoms with Gasteiger partial charge in [-0.3, -0.25) is 0 Å². The predicted octanol–water partition coefficient (Wildman–Crippen LogP) is 3.71. The highest BCUT2D eigenvalue weighted by Gasteiger charge is 2.21. The standard InChI is InChI=1S/C15H22O/c1-11-7-8-12(2)15(9-11)13-5-3-4-6-14(16)10-13/h7-9,13-14,16H,3-6,10H2,1-2H3. The molecular weight excluding hydrogens is 196 g/mol. The van der Waals surface area contributed by atoms with Crippen molar-refractivity contribution < 1.29 is 5.11 Å². The van der Waals surface area contributed by atoms with Crippen molar-refractivity contribution in [3.05, 3.63) is 34.9 Å². The molecule has 16 heavy (non-hydrogen) atoms. The Morgan fingerprint density at radius 2 is 1.88 bits per heavy atom. The summed E-state index contributed by atoms with van der Waals surface area (Å²) in [6, 6.07) is 6.69. The van der Waals surface area contributed by atoms with Gasteiger partial charge in [-0.15, -0.1) is 0 Å². The molecule has 0 aromatic heterocycles. The molecule has 1 saturated carbocycles. The molecule has 1 aromatic rings. The minimum absolute atomic E-state index is 0.0904. The van der Waals surface area contributed by atoms with E-state index in [1.165, 1.54) is 36.0 Å². The molecule has 1 heteroatoms. The van der Waals surface area contributed by atoms with Crippen molar-refractivity contribution in [2.45, 2.75) is 58.0 Å². The van der Waals surface area contributed by atoms with Crippen LogP contribution in [0.25, 0.3) is 0 Å². The van der Waals surface area contributed by atoms with E-state index in [0.717, 1.165) is 12.8 Å². The zero-order chi connectivity index (χ0) is 11.5. The zero-order valence-corrected chi connectivity index (χ0v) is 10.4. The molecule has 2 unspecified atom stereocenters. The molecule has 0 saturated heterocycles. The minimum Gasteiger partial charge on any atom is -0.393 e. The summed E-state index contributed by atoms with van der Waals surface area (Å²) in [4.78, 5) is 0. The van der Waals surface area contributed by atoms with Gasteiger partial charge in [0.1, 0.15) is 0 Å². The SMILES string of the molecule is Cc1ccc(C)c(C2CCCCC(O)C2)c1. The van der Waals surface area contributed by atoms with Crippen LogP contribution in [-0.2, 0) is 0 Å². The highest BCUT2D eigenvalue weighted by molar-refractivity contribution is 5.33. The lowest BCUT2D eigenvalue weighted by molar-refractivity contribution is 0.152. The smallest absolute Gasteiger partial charge is 0.0546 e. The Hall–Kier alpha value is -0.820. The largest absolute Gasteiger partial charge is 0.393 e. The Balaban J connectivity index is 2.24. The zero-order valence-electron chi connectivity index (χ0n) is 10.4. The number of benzene rings is 1. The van der Waals surface area contributed by atoms with Crippen molar-refractivity contribution >= 4 is 0 Å². The molecule has 1 aliphatic carbocycles. The second-order valence-corrected chi connectivity index (χ2v) is 5.23. The van der Waals surface area contributed by atoms with Gasteiger partial charge in [-0.1, -0.05) is 36.6 Å². The highest BCUT2D eigenvalue weighted by Crippen LogP contribution is 2.33. The first-order valence-corrected chi connectivity index (χ1v) is 6.42. The van der Waals surface area contributed by atoms with E-state index in [4.69, 9.17) is 0 Å². The number of hydrogen-bond acceptors (Lipinski definition) is 1. The Morgan fingerprint density at radius 1 is 1.12 bits per heavy atom. The summed E-state index contributed by atoms with van der Waals surface area (Å²) in [6.07, 6.45) is 5.53. The van der Waals surface area contributed by atoms with E-state index in [2.05, 4.69) is 32.0 Å². The van der Waals surface area contributed by atoms with Crippen molar-refractivity contribution in [3.63, 3.8) is 0 Å². The molecule has 88 valence electrons. The van der Waals surface area contributed by atoms with Crippen LogP contribution in [0.4, 0.5) is 0 Å². The average Bonchev–Trinajstić information content (AvgIpc) is 2.46. The van der Waals surface area contributed by atoms with Gasteiger partial charge in [0, 0.05) is 0 Å². The predicted molar refractivity (Wildman–Crippen MR) is 67.7 cm³/mol. The van der Waals surface area contributed by atoms with E-state index in [0.29, 0.717) is 5.92 Å². The van der Waals surface area contributed by atoms with Crippen LogP contribution in [-0.4, -0.2) is 11.2 Å². The Morgan fingerprint density at radius 3 is 2.69 bits per heavy atom. The summed E-state index contributed by atoms with van der Waals surface area (Å²) in [6.45, 7) is 4.34. The second-order valence-electron chi connectivity index (χ2n) is 5.23. The molecule has 0 bridgehead atoms. The normalized spacial score (nSPS) is 26.4. The summed E-state index contributed by atoms with van der Waals surface area (Å²) < 4.78 is 0. The monoisotopic (exact) mass is 218 g/mol. The van der Waals surface area contributed by atoms with Gasteiger partial charge in [0.15, 0.2) is 0 Å². The molecule has 1 fully saturated rings. The quantitative estimate of drug-likeness (QED) is 0.712. The number of rotatable bonds is 1. The summed E-state index contributed by atoms with van der Waals surface area (Å²) in [5, 5.41) is 9.88. The third-order valence-corrected chi connectivity index (χ3v) is 3.77. The maximum atomic E-state index is 9.88. The fourth-order valence-electron chi connectivity index (χ4n) is 2.82. The van der Waals surface area contributed by atoms with Gasteiger partial charge in [0.05, 0.1) is 6.10 Å². The minimum atomic E-state index is -0.0904. The van der Waals surface area contributed by atoms with Crippen molar-refractivity contribution in [1.29, 1.82) is 0 Å². The molecule has 1 N–H and O–H groups in total. The third-order valence-electron chi connectivity index (χ3n) is 3.77. The third kappa shape index (κ3) is 2.65. The molecule has 0 amide bonds. The Labute approximate surface area is 98.5 Å². The summed E-state index contributed by atoms with van der Waals surface area (Å²) in [5.74, 6) is 0.567. The van der Waals surface area contributed by atoms with Crippen LogP contribution in [0, 0.1) is 13.8 Å². The van der Waals surface area contributed by atoms with Crippen LogP contribution in [0.5, 0.6) is 0 Å². The fourth-order valence-corrected chi connectivity index (χ4v) is 2.82. The molecule has 2 atom stereocenters. The lowest BCUT2D eigenvalue weighted by atomic mass is 9.87. The maximum absolute atomic E-state index is 9.88. The molecular formula is C15H22O. The molecule has 1 aromatic carbocycles. The molecule has 0 aliphatic heterocycles. The van der Waals surface area contributed by atoms with Crippen LogP contribution in [0.15, 0.2) is 18.2 Å². The molecule has 0 heterocycles. The van der Waals surface area contributed by atoms with Crippen molar-refractivity contribution in [2.24, 2.45) is 0 Å². The number of aryl methyl sites for hydroxylation is 2. The summed E-state index contributed by atoms with van der Waals surface area (Å²) >= 11 is 0. The van der Waals surface area contributed by atoms with Gasteiger partial charge in [0.2, 0.25) is 0 Å². The van der Waals surface area contributed by atoms with Crippen LogP contribution in [0.3, 0.4) is 0 Å². The van der Waals surface area contributed by atoms with Crippen LogP contribution < -0.4 is 0 Å². The van der Waals surface area contributed by atoms with Crippen molar-refractivity contribution in [1.82, 2.24) is 0 Å². The molecule has 0 spiro atoms. The molecule has 1 nitrogen and oxygen atoms in total. The van der Waals surface area contributed by atoms with Crippen LogP contribution >= 0.6 is 0 Å². The number of hydrogen-bond donors (Lipinski definition) is 1. The first-order valence-electron chi connectivity index (χ1n) is 6.42. The number of aliphatic hydroxyl groups is 1. The molecule has 2 rings (SSSR count). The van der Waals surface area contributed by atoms with Gasteiger partial charge in [-0.2, -0.15) is 0 Å². The van der Waals surface area contributed by atoms with Gasteiger partial charge < -0.3 is 5.11 Å². The topological polar surface area (TPSA) is 20.2 Å². The maximum Gasteiger partial charge on any atom is 0.0546 e. The van der Waals surface area contributed by atoms with Crippen molar-refractivity contribution in [3.8, 4) is 0 Å². The molecule has 0 radical (unpaired) electrons. The van der Waals surface area contributed by atoms with E-state index >= 15 is 0 Å². The lowest BCUT2D eigenvalue weighted by Crippen LogP contribution is -2.10. The van der Waals surface area contributed by atoms with E-state index in [1.807, 2.05) is 0 Å². The lowest BCUT2D eigenvalue weighted by Gasteiger charge is -2.19. The van der Waals surface area contributed by atoms with Gasteiger partial charge in [0.25, 0.3) is 0 Å². The average molecular weight is 218 g/mol. The van der Waals surface area contributed by atoms with Gasteiger partial charge >= 0.3 is 0 Å². The Bertz CT molecular complexity index is 356. The first-order chi connectivity index (χ1) is 7.66. The summed E-state index contributed by atoms with van der Waals surface area (Å²) in [7, 11) is 0. The fraction of sp³-hybridized carbons (Fsp3) is 0.600. The van der Waals surface area contributed by atoms with E-state index in [1.54, 1.807) is 0 Å².